The summed E-state index contributed by atoms with van der Waals surface area (Å²) in [6, 6.07) is 6.54. The molecule has 0 aliphatic rings. The molecule has 20 heavy (non-hydrogen) atoms. The molecule has 0 saturated carbocycles. The van der Waals surface area contributed by atoms with Gasteiger partial charge < -0.3 is 5.32 Å². The van der Waals surface area contributed by atoms with Crippen molar-refractivity contribution in [3.05, 3.63) is 54.4 Å². The van der Waals surface area contributed by atoms with Crippen molar-refractivity contribution in [2.75, 3.05) is 6.54 Å². The van der Waals surface area contributed by atoms with Crippen LogP contribution in [-0.4, -0.2) is 6.54 Å². The lowest BCUT2D eigenvalue weighted by Crippen LogP contribution is -2.24. The summed E-state index contributed by atoms with van der Waals surface area (Å²) in [5.41, 5.74) is 1.38. The van der Waals surface area contributed by atoms with Gasteiger partial charge in [0.1, 0.15) is 5.82 Å². The first kappa shape index (κ1) is 16.2. The average molecular weight is 397 g/mol. The van der Waals surface area contributed by atoms with E-state index < -0.39 is 0 Å². The number of rotatable bonds is 5. The fraction of sp³-hybridized carbons (Fsp3) is 0.286. The maximum absolute atomic E-state index is 14.2. The van der Waals surface area contributed by atoms with Gasteiger partial charge >= 0.3 is 0 Å². The number of thiophene rings is 1. The summed E-state index contributed by atoms with van der Waals surface area (Å²) in [6.45, 7) is 2.83. The summed E-state index contributed by atoms with van der Waals surface area (Å²) >= 11 is 16.8. The van der Waals surface area contributed by atoms with E-state index in [9.17, 15) is 4.39 Å². The van der Waals surface area contributed by atoms with E-state index in [1.165, 1.54) is 17.4 Å². The van der Waals surface area contributed by atoms with Crippen LogP contribution < -0.4 is 5.32 Å². The monoisotopic (exact) mass is 395 g/mol. The SMILES string of the molecule is CCCNC(c1ccc(Br)cc1F)c1cc(Cl)sc1Cl. The van der Waals surface area contributed by atoms with Crippen molar-refractivity contribution in [1.29, 1.82) is 0 Å². The molecule has 0 bridgehead atoms. The Morgan fingerprint density at radius 2 is 2.05 bits per heavy atom. The van der Waals surface area contributed by atoms with Gasteiger partial charge in [-0.05, 0) is 31.2 Å². The van der Waals surface area contributed by atoms with Crippen molar-refractivity contribution in [2.24, 2.45) is 0 Å². The molecule has 1 N–H and O–H groups in total. The first-order valence-electron chi connectivity index (χ1n) is 6.16. The van der Waals surface area contributed by atoms with Crippen LogP contribution >= 0.6 is 50.5 Å². The quantitative estimate of drug-likeness (QED) is 0.648. The molecular weight excluding hydrogens is 384 g/mol. The predicted molar refractivity (Wildman–Crippen MR) is 88.6 cm³/mol. The van der Waals surface area contributed by atoms with E-state index in [0.29, 0.717) is 18.7 Å². The molecule has 1 aromatic heterocycles. The lowest BCUT2D eigenvalue weighted by Gasteiger charge is -2.19. The van der Waals surface area contributed by atoms with Crippen molar-refractivity contribution < 1.29 is 4.39 Å². The maximum atomic E-state index is 14.2. The Bertz CT molecular complexity index is 603. The summed E-state index contributed by atoms with van der Waals surface area (Å²) in [6.07, 6.45) is 0.949. The highest BCUT2D eigenvalue weighted by Crippen LogP contribution is 2.38. The van der Waals surface area contributed by atoms with Crippen LogP contribution in [0.2, 0.25) is 8.67 Å². The Morgan fingerprint density at radius 1 is 1.30 bits per heavy atom. The van der Waals surface area contributed by atoms with Crippen LogP contribution in [0.3, 0.4) is 0 Å². The minimum atomic E-state index is -0.292. The zero-order valence-corrected chi connectivity index (χ0v) is 14.6. The first-order chi connectivity index (χ1) is 9.52. The third-order valence-electron chi connectivity index (χ3n) is 2.87. The molecule has 1 heterocycles. The van der Waals surface area contributed by atoms with Crippen molar-refractivity contribution in [2.45, 2.75) is 19.4 Å². The number of nitrogens with one attached hydrogen (secondary N) is 1. The Labute approximate surface area is 140 Å². The van der Waals surface area contributed by atoms with E-state index in [1.807, 2.05) is 6.07 Å². The fourth-order valence-electron chi connectivity index (χ4n) is 1.96. The molecule has 0 amide bonds. The molecule has 6 heteroatoms. The lowest BCUT2D eigenvalue weighted by molar-refractivity contribution is 0.547. The fourth-order valence-corrected chi connectivity index (χ4v) is 3.83. The molecule has 0 fully saturated rings. The van der Waals surface area contributed by atoms with E-state index in [2.05, 4.69) is 28.2 Å². The van der Waals surface area contributed by atoms with Gasteiger partial charge in [0.15, 0.2) is 0 Å². The second-order valence-electron chi connectivity index (χ2n) is 4.33. The van der Waals surface area contributed by atoms with Crippen molar-refractivity contribution in [1.82, 2.24) is 5.32 Å². The molecular formula is C14H13BrCl2FNS. The largest absolute Gasteiger partial charge is 0.306 e. The number of halogens is 4. The van der Waals surface area contributed by atoms with Crippen LogP contribution in [-0.2, 0) is 0 Å². The highest BCUT2D eigenvalue weighted by molar-refractivity contribution is 9.10. The van der Waals surface area contributed by atoms with E-state index in [4.69, 9.17) is 23.2 Å². The maximum Gasteiger partial charge on any atom is 0.129 e. The lowest BCUT2D eigenvalue weighted by atomic mass is 10.0. The summed E-state index contributed by atoms with van der Waals surface area (Å²) in [7, 11) is 0. The van der Waals surface area contributed by atoms with Gasteiger partial charge in [-0.15, -0.1) is 11.3 Å². The zero-order valence-electron chi connectivity index (χ0n) is 10.7. The molecule has 1 aromatic carbocycles. The molecule has 108 valence electrons. The second kappa shape index (κ2) is 7.23. The number of benzene rings is 1. The molecule has 0 spiro atoms. The second-order valence-corrected chi connectivity index (χ2v) is 7.53. The van der Waals surface area contributed by atoms with Crippen LogP contribution in [0, 0.1) is 5.82 Å². The van der Waals surface area contributed by atoms with Crippen LogP contribution in [0.4, 0.5) is 4.39 Å². The molecule has 1 atom stereocenters. The van der Waals surface area contributed by atoms with E-state index in [1.54, 1.807) is 12.1 Å². The van der Waals surface area contributed by atoms with Gasteiger partial charge in [0.2, 0.25) is 0 Å². The third kappa shape index (κ3) is 3.74. The van der Waals surface area contributed by atoms with Gasteiger partial charge in [-0.2, -0.15) is 0 Å². The van der Waals surface area contributed by atoms with Crippen LogP contribution in [0.1, 0.15) is 30.5 Å². The molecule has 2 rings (SSSR count). The highest BCUT2D eigenvalue weighted by Gasteiger charge is 2.22. The Morgan fingerprint density at radius 3 is 2.60 bits per heavy atom. The van der Waals surface area contributed by atoms with Crippen LogP contribution in [0.25, 0.3) is 0 Å². The molecule has 0 radical (unpaired) electrons. The summed E-state index contributed by atoms with van der Waals surface area (Å²) in [5, 5.41) is 3.32. The molecule has 1 unspecified atom stereocenters. The average Bonchev–Trinajstić information content (AvgIpc) is 2.71. The molecule has 0 aliphatic heterocycles. The first-order valence-corrected chi connectivity index (χ1v) is 8.52. The third-order valence-corrected chi connectivity index (χ3v) is 4.88. The van der Waals surface area contributed by atoms with E-state index in [-0.39, 0.29) is 11.9 Å². The minimum absolute atomic E-state index is 0.272. The van der Waals surface area contributed by atoms with Gasteiger partial charge in [0, 0.05) is 15.6 Å². The van der Waals surface area contributed by atoms with E-state index >= 15 is 0 Å². The van der Waals surface area contributed by atoms with Crippen LogP contribution in [0.5, 0.6) is 0 Å². The Hall–Kier alpha value is -0.130. The van der Waals surface area contributed by atoms with Gasteiger partial charge in [-0.25, -0.2) is 4.39 Å². The minimum Gasteiger partial charge on any atom is -0.306 e. The zero-order chi connectivity index (χ0) is 14.7. The number of hydrogen-bond donors (Lipinski definition) is 1. The summed E-state index contributed by atoms with van der Waals surface area (Å²) in [4.78, 5) is 0. The van der Waals surface area contributed by atoms with Crippen molar-refractivity contribution in [3.8, 4) is 0 Å². The van der Waals surface area contributed by atoms with Gasteiger partial charge in [-0.3, -0.25) is 0 Å². The highest BCUT2D eigenvalue weighted by atomic mass is 79.9. The normalized spacial score (nSPS) is 12.7. The number of hydrogen-bond acceptors (Lipinski definition) is 2. The predicted octanol–water partition coefficient (Wildman–Crippen LogP) is 6.05. The van der Waals surface area contributed by atoms with Gasteiger partial charge in [-0.1, -0.05) is 52.1 Å². The molecule has 0 aliphatic carbocycles. The van der Waals surface area contributed by atoms with Crippen LogP contribution in [0.15, 0.2) is 28.7 Å². The Balaban J connectivity index is 2.44. The summed E-state index contributed by atoms with van der Waals surface area (Å²) < 4.78 is 16.1. The Kier molecular flexibility index (Phi) is 5.87. The molecule has 0 saturated heterocycles. The van der Waals surface area contributed by atoms with Crippen molar-refractivity contribution in [3.63, 3.8) is 0 Å². The van der Waals surface area contributed by atoms with E-state index in [0.717, 1.165) is 18.5 Å². The molecule has 1 nitrogen and oxygen atoms in total. The van der Waals surface area contributed by atoms with Gasteiger partial charge in [0.05, 0.1) is 14.7 Å². The smallest absolute Gasteiger partial charge is 0.129 e. The summed E-state index contributed by atoms with van der Waals surface area (Å²) in [5.74, 6) is -0.272. The topological polar surface area (TPSA) is 12.0 Å². The van der Waals surface area contributed by atoms with Crippen molar-refractivity contribution >= 4 is 50.5 Å². The van der Waals surface area contributed by atoms with Gasteiger partial charge in [0.25, 0.3) is 0 Å². The standard InChI is InChI=1S/C14H13BrCl2FNS/c1-2-5-19-13(10-7-12(16)20-14(10)17)9-4-3-8(15)6-11(9)18/h3-4,6-7,13,19H,2,5H2,1H3. The molecule has 2 aromatic rings.